The Bertz CT molecular complexity index is 233. The summed E-state index contributed by atoms with van der Waals surface area (Å²) in [7, 11) is 0. The van der Waals surface area contributed by atoms with Crippen LogP contribution >= 0.6 is 0 Å². The van der Waals surface area contributed by atoms with Crippen molar-refractivity contribution in [2.24, 2.45) is 17.3 Å². The number of unbranched alkanes of at least 4 members (excludes halogenated alkanes) is 1. The Hall–Kier alpha value is -0.0800. The standard InChI is InChI=1S/C16H32N2/c1-3-5-6-14(4-2)12-18-13-15-11-16(15)7-9-17-10-8-16/h14-15,17-18H,3-13H2,1-2H3. The van der Waals surface area contributed by atoms with E-state index >= 15 is 0 Å². The van der Waals surface area contributed by atoms with Crippen LogP contribution in [-0.4, -0.2) is 26.2 Å². The Morgan fingerprint density at radius 3 is 2.72 bits per heavy atom. The average Bonchev–Trinajstić information content (AvgIpc) is 3.06. The van der Waals surface area contributed by atoms with Gasteiger partial charge in [-0.05, 0) is 69.1 Å². The van der Waals surface area contributed by atoms with E-state index in [0.29, 0.717) is 0 Å². The third kappa shape index (κ3) is 3.71. The summed E-state index contributed by atoms with van der Waals surface area (Å²) in [4.78, 5) is 0. The first-order valence-corrected chi connectivity index (χ1v) is 8.22. The van der Waals surface area contributed by atoms with Gasteiger partial charge in [0.1, 0.15) is 0 Å². The van der Waals surface area contributed by atoms with Crippen molar-refractivity contribution in [3.8, 4) is 0 Å². The molecule has 18 heavy (non-hydrogen) atoms. The highest BCUT2D eigenvalue weighted by Crippen LogP contribution is 2.58. The molecule has 1 aliphatic carbocycles. The minimum atomic E-state index is 0.753. The zero-order valence-electron chi connectivity index (χ0n) is 12.4. The van der Waals surface area contributed by atoms with Crippen molar-refractivity contribution >= 4 is 0 Å². The van der Waals surface area contributed by atoms with E-state index in [-0.39, 0.29) is 0 Å². The molecule has 0 radical (unpaired) electrons. The van der Waals surface area contributed by atoms with Crippen LogP contribution in [0.5, 0.6) is 0 Å². The molecule has 1 heterocycles. The lowest BCUT2D eigenvalue weighted by Crippen LogP contribution is -2.32. The summed E-state index contributed by atoms with van der Waals surface area (Å²) in [6, 6.07) is 0. The van der Waals surface area contributed by atoms with Gasteiger partial charge in [-0.15, -0.1) is 0 Å². The molecule has 0 aromatic rings. The minimum Gasteiger partial charge on any atom is -0.317 e. The van der Waals surface area contributed by atoms with E-state index in [0.717, 1.165) is 17.3 Å². The third-order valence-electron chi connectivity index (χ3n) is 5.33. The van der Waals surface area contributed by atoms with Crippen LogP contribution < -0.4 is 10.6 Å². The molecule has 2 atom stereocenters. The van der Waals surface area contributed by atoms with Gasteiger partial charge < -0.3 is 10.6 Å². The Morgan fingerprint density at radius 1 is 1.28 bits per heavy atom. The molecule has 0 bridgehead atoms. The maximum Gasteiger partial charge on any atom is -0.00149 e. The SMILES string of the molecule is CCCCC(CC)CNCC1CC12CCNCC2. The van der Waals surface area contributed by atoms with Crippen LogP contribution in [-0.2, 0) is 0 Å². The van der Waals surface area contributed by atoms with Crippen LogP contribution in [0.25, 0.3) is 0 Å². The highest BCUT2D eigenvalue weighted by Gasteiger charge is 2.52. The Morgan fingerprint density at radius 2 is 2.06 bits per heavy atom. The fraction of sp³-hybridized carbons (Fsp3) is 1.00. The van der Waals surface area contributed by atoms with Crippen molar-refractivity contribution in [2.75, 3.05) is 26.2 Å². The van der Waals surface area contributed by atoms with Crippen LogP contribution in [0.3, 0.4) is 0 Å². The fourth-order valence-electron chi connectivity index (χ4n) is 3.66. The lowest BCUT2D eigenvalue weighted by Gasteiger charge is -2.24. The second-order valence-corrected chi connectivity index (χ2v) is 6.59. The molecule has 2 N–H and O–H groups in total. The zero-order valence-corrected chi connectivity index (χ0v) is 12.4. The number of piperidine rings is 1. The molecule has 1 spiro atoms. The molecule has 1 aliphatic heterocycles. The van der Waals surface area contributed by atoms with Gasteiger partial charge in [0, 0.05) is 0 Å². The number of nitrogens with one attached hydrogen (secondary N) is 2. The lowest BCUT2D eigenvalue weighted by molar-refractivity contribution is 0.314. The van der Waals surface area contributed by atoms with Gasteiger partial charge >= 0.3 is 0 Å². The predicted molar refractivity (Wildman–Crippen MR) is 78.8 cm³/mol. The Labute approximate surface area is 113 Å². The molecular weight excluding hydrogens is 220 g/mol. The molecule has 1 saturated heterocycles. The van der Waals surface area contributed by atoms with E-state index in [2.05, 4.69) is 24.5 Å². The summed E-state index contributed by atoms with van der Waals surface area (Å²) >= 11 is 0. The number of rotatable bonds is 8. The topological polar surface area (TPSA) is 24.1 Å². The van der Waals surface area contributed by atoms with Crippen LogP contribution in [0, 0.1) is 17.3 Å². The summed E-state index contributed by atoms with van der Waals surface area (Å²) in [6.45, 7) is 9.68. The molecule has 0 aromatic carbocycles. The monoisotopic (exact) mass is 252 g/mol. The highest BCUT2D eigenvalue weighted by molar-refractivity contribution is 5.05. The molecule has 0 aromatic heterocycles. The second-order valence-electron chi connectivity index (χ2n) is 6.59. The van der Waals surface area contributed by atoms with Crippen molar-refractivity contribution in [1.82, 2.24) is 10.6 Å². The van der Waals surface area contributed by atoms with Gasteiger partial charge in [-0.25, -0.2) is 0 Å². The van der Waals surface area contributed by atoms with Crippen molar-refractivity contribution in [2.45, 2.75) is 58.8 Å². The van der Waals surface area contributed by atoms with Crippen molar-refractivity contribution in [3.63, 3.8) is 0 Å². The molecule has 106 valence electrons. The van der Waals surface area contributed by atoms with Crippen molar-refractivity contribution < 1.29 is 0 Å². The van der Waals surface area contributed by atoms with Crippen LogP contribution in [0.2, 0.25) is 0 Å². The van der Waals surface area contributed by atoms with Gasteiger partial charge in [-0.3, -0.25) is 0 Å². The number of hydrogen-bond donors (Lipinski definition) is 2. The fourth-order valence-corrected chi connectivity index (χ4v) is 3.66. The Kier molecular flexibility index (Phi) is 5.50. The lowest BCUT2D eigenvalue weighted by atomic mass is 9.92. The third-order valence-corrected chi connectivity index (χ3v) is 5.33. The summed E-state index contributed by atoms with van der Waals surface area (Å²) < 4.78 is 0. The first kappa shape index (κ1) is 14.3. The van der Waals surface area contributed by atoms with Gasteiger partial charge in [0.25, 0.3) is 0 Å². The summed E-state index contributed by atoms with van der Waals surface area (Å²) in [5, 5.41) is 7.25. The second kappa shape index (κ2) is 6.91. The van der Waals surface area contributed by atoms with E-state index in [9.17, 15) is 0 Å². The number of hydrogen-bond acceptors (Lipinski definition) is 2. The first-order valence-electron chi connectivity index (χ1n) is 8.22. The molecule has 2 aliphatic rings. The van der Waals surface area contributed by atoms with E-state index in [4.69, 9.17) is 0 Å². The van der Waals surface area contributed by atoms with Gasteiger partial charge in [-0.1, -0.05) is 33.1 Å². The largest absolute Gasteiger partial charge is 0.317 e. The van der Waals surface area contributed by atoms with E-state index in [1.54, 1.807) is 0 Å². The molecule has 2 unspecified atom stereocenters. The summed E-state index contributed by atoms with van der Waals surface area (Å²) in [6.07, 6.45) is 9.84. The molecule has 2 fully saturated rings. The van der Waals surface area contributed by atoms with Crippen molar-refractivity contribution in [3.05, 3.63) is 0 Å². The average molecular weight is 252 g/mol. The normalized spacial score (nSPS) is 27.3. The summed E-state index contributed by atoms with van der Waals surface area (Å²) in [5.41, 5.74) is 0.753. The zero-order chi connectivity index (χ0) is 12.8. The minimum absolute atomic E-state index is 0.753. The Balaban J connectivity index is 1.58. The van der Waals surface area contributed by atoms with Gasteiger partial charge in [-0.2, -0.15) is 0 Å². The molecular formula is C16H32N2. The van der Waals surface area contributed by atoms with E-state index in [1.807, 2.05) is 0 Å². The quantitative estimate of drug-likeness (QED) is 0.693. The van der Waals surface area contributed by atoms with Crippen LogP contribution in [0.15, 0.2) is 0 Å². The molecule has 2 rings (SSSR count). The van der Waals surface area contributed by atoms with Gasteiger partial charge in [0.05, 0.1) is 0 Å². The smallest absolute Gasteiger partial charge is 0.00149 e. The molecule has 2 nitrogen and oxygen atoms in total. The van der Waals surface area contributed by atoms with E-state index < -0.39 is 0 Å². The first-order chi connectivity index (χ1) is 8.80. The van der Waals surface area contributed by atoms with Crippen LogP contribution in [0.4, 0.5) is 0 Å². The van der Waals surface area contributed by atoms with E-state index in [1.165, 1.54) is 71.1 Å². The molecule has 2 heteroatoms. The maximum atomic E-state index is 3.76. The van der Waals surface area contributed by atoms with Crippen LogP contribution in [0.1, 0.15) is 58.8 Å². The molecule has 1 saturated carbocycles. The maximum absolute atomic E-state index is 3.76. The van der Waals surface area contributed by atoms with Gasteiger partial charge in [0.15, 0.2) is 0 Å². The van der Waals surface area contributed by atoms with Gasteiger partial charge in [0.2, 0.25) is 0 Å². The molecule has 0 amide bonds. The summed E-state index contributed by atoms with van der Waals surface area (Å²) in [5.74, 6) is 1.90. The highest BCUT2D eigenvalue weighted by atomic mass is 14.9. The predicted octanol–water partition coefficient (Wildman–Crippen LogP) is 3.18. The van der Waals surface area contributed by atoms with Crippen molar-refractivity contribution in [1.29, 1.82) is 0 Å².